The Bertz CT molecular complexity index is 923. The van der Waals surface area contributed by atoms with Crippen LogP contribution in [-0.4, -0.2) is 22.7 Å². The van der Waals surface area contributed by atoms with Gasteiger partial charge >= 0.3 is 0 Å². The van der Waals surface area contributed by atoms with Crippen molar-refractivity contribution in [2.45, 2.75) is 19.8 Å². The Labute approximate surface area is 156 Å². The Morgan fingerprint density at radius 1 is 1.04 bits per heavy atom. The maximum absolute atomic E-state index is 12.6. The van der Waals surface area contributed by atoms with Gasteiger partial charge in [-0.15, -0.1) is 0 Å². The normalized spacial score (nSPS) is 21.3. The molecule has 2 heterocycles. The molecule has 1 aromatic carbocycles. The molecular formula is C21H19N3O3. The molecule has 2 atom stereocenters. The summed E-state index contributed by atoms with van der Waals surface area (Å²) < 4.78 is 0. The van der Waals surface area contributed by atoms with E-state index in [0.29, 0.717) is 29.9 Å². The van der Waals surface area contributed by atoms with Crippen LogP contribution in [0.4, 0.5) is 11.5 Å². The number of rotatable bonds is 3. The molecule has 0 bridgehead atoms. The van der Waals surface area contributed by atoms with Crippen LogP contribution in [0.25, 0.3) is 0 Å². The Kier molecular flexibility index (Phi) is 4.32. The molecule has 4 rings (SSSR count). The van der Waals surface area contributed by atoms with Crippen molar-refractivity contribution in [2.75, 3.05) is 10.2 Å². The number of carbonyl (C=O) groups is 3. The third-order valence-electron chi connectivity index (χ3n) is 5.14. The van der Waals surface area contributed by atoms with E-state index in [-0.39, 0.29) is 29.6 Å². The summed E-state index contributed by atoms with van der Waals surface area (Å²) in [7, 11) is 0. The number of hydrogen-bond donors (Lipinski definition) is 1. The van der Waals surface area contributed by atoms with E-state index in [1.807, 2.05) is 25.1 Å². The van der Waals surface area contributed by atoms with Crippen LogP contribution in [-0.2, 0) is 9.59 Å². The summed E-state index contributed by atoms with van der Waals surface area (Å²) in [5.74, 6) is -0.630. The smallest absolute Gasteiger partial charge is 0.256 e. The summed E-state index contributed by atoms with van der Waals surface area (Å²) in [5, 5.41) is 2.77. The van der Waals surface area contributed by atoms with Gasteiger partial charge in [0.05, 0.1) is 17.5 Å². The number of aryl methyl sites for hydroxylation is 1. The second-order valence-corrected chi connectivity index (χ2v) is 6.84. The molecule has 0 saturated carbocycles. The summed E-state index contributed by atoms with van der Waals surface area (Å²) in [4.78, 5) is 43.1. The summed E-state index contributed by atoms with van der Waals surface area (Å²) in [6.07, 6.45) is 6.75. The molecule has 1 N–H and O–H groups in total. The lowest BCUT2D eigenvalue weighted by Crippen LogP contribution is -2.30. The average Bonchev–Trinajstić information content (AvgIpc) is 2.95. The first-order chi connectivity index (χ1) is 13.1. The molecule has 6 heteroatoms. The second-order valence-electron chi connectivity index (χ2n) is 6.84. The Hall–Kier alpha value is -3.28. The number of benzene rings is 1. The third kappa shape index (κ3) is 3.03. The third-order valence-corrected chi connectivity index (χ3v) is 5.14. The van der Waals surface area contributed by atoms with Gasteiger partial charge in [-0.3, -0.25) is 19.3 Å². The lowest BCUT2D eigenvalue weighted by Gasteiger charge is -2.15. The zero-order chi connectivity index (χ0) is 19.0. The first kappa shape index (κ1) is 17.1. The predicted octanol–water partition coefficient (Wildman–Crippen LogP) is 3.10. The van der Waals surface area contributed by atoms with E-state index in [0.717, 1.165) is 5.56 Å². The largest absolute Gasteiger partial charge is 0.306 e. The quantitative estimate of drug-likeness (QED) is 0.673. The van der Waals surface area contributed by atoms with Crippen molar-refractivity contribution >= 4 is 29.2 Å². The van der Waals surface area contributed by atoms with Crippen molar-refractivity contribution in [2.24, 2.45) is 11.8 Å². The zero-order valence-corrected chi connectivity index (χ0v) is 14.9. The number of carbonyl (C=O) groups excluding carboxylic acids is 3. The number of pyridine rings is 1. The molecule has 0 spiro atoms. The fourth-order valence-electron chi connectivity index (χ4n) is 3.61. The van der Waals surface area contributed by atoms with E-state index in [1.54, 1.807) is 36.5 Å². The Morgan fingerprint density at radius 2 is 1.67 bits per heavy atom. The number of hydrogen-bond acceptors (Lipinski definition) is 4. The van der Waals surface area contributed by atoms with Crippen LogP contribution < -0.4 is 10.2 Å². The minimum atomic E-state index is -0.291. The minimum absolute atomic E-state index is 0.157. The predicted molar refractivity (Wildman–Crippen MR) is 101 cm³/mol. The number of anilines is 2. The molecule has 0 radical (unpaired) electrons. The van der Waals surface area contributed by atoms with Gasteiger partial charge in [0.25, 0.3) is 5.91 Å². The number of nitrogens with one attached hydrogen (secondary N) is 1. The summed E-state index contributed by atoms with van der Waals surface area (Å²) in [5.41, 5.74) is 1.80. The van der Waals surface area contributed by atoms with Crippen LogP contribution in [0, 0.1) is 18.8 Å². The van der Waals surface area contributed by atoms with E-state index >= 15 is 0 Å². The fourth-order valence-corrected chi connectivity index (χ4v) is 3.61. The first-order valence-corrected chi connectivity index (χ1v) is 8.92. The van der Waals surface area contributed by atoms with Crippen molar-refractivity contribution in [1.29, 1.82) is 0 Å². The maximum atomic E-state index is 12.6. The molecule has 2 unspecified atom stereocenters. The van der Waals surface area contributed by atoms with Crippen molar-refractivity contribution in [3.63, 3.8) is 0 Å². The number of imide groups is 1. The lowest BCUT2D eigenvalue weighted by molar-refractivity contribution is -0.122. The molecule has 1 aromatic heterocycles. The average molecular weight is 361 g/mol. The van der Waals surface area contributed by atoms with Crippen molar-refractivity contribution in [3.05, 3.63) is 65.9 Å². The van der Waals surface area contributed by atoms with Gasteiger partial charge in [0.2, 0.25) is 11.8 Å². The lowest BCUT2D eigenvalue weighted by atomic mass is 9.85. The molecule has 2 aromatic rings. The monoisotopic (exact) mass is 361 g/mol. The molecule has 1 aliphatic carbocycles. The van der Waals surface area contributed by atoms with Crippen LogP contribution in [0.5, 0.6) is 0 Å². The second kappa shape index (κ2) is 6.79. The summed E-state index contributed by atoms with van der Waals surface area (Å²) >= 11 is 0. The van der Waals surface area contributed by atoms with Crippen molar-refractivity contribution < 1.29 is 14.4 Å². The molecule has 2 aliphatic rings. The zero-order valence-electron chi connectivity index (χ0n) is 14.9. The molecule has 6 nitrogen and oxygen atoms in total. The van der Waals surface area contributed by atoms with Gasteiger partial charge in [0.1, 0.15) is 5.82 Å². The fraction of sp³-hybridized carbons (Fsp3) is 0.238. The minimum Gasteiger partial charge on any atom is -0.306 e. The molecule has 3 amide bonds. The van der Waals surface area contributed by atoms with E-state index in [1.165, 1.54) is 4.90 Å². The van der Waals surface area contributed by atoms with Gasteiger partial charge < -0.3 is 5.32 Å². The topological polar surface area (TPSA) is 79.4 Å². The van der Waals surface area contributed by atoms with Gasteiger partial charge in [-0.05, 0) is 55.7 Å². The highest BCUT2D eigenvalue weighted by atomic mass is 16.2. The van der Waals surface area contributed by atoms with Crippen molar-refractivity contribution in [3.8, 4) is 0 Å². The number of fused-ring (bicyclic) bond motifs is 1. The van der Waals surface area contributed by atoms with Gasteiger partial charge in [0.15, 0.2) is 0 Å². The summed E-state index contributed by atoms with van der Waals surface area (Å²) in [6, 6.07) is 10.2. The standard InChI is InChI=1S/C21H19N3O3/c1-13-5-4-12-22-18(13)23-19(25)14-8-10-15(11-9-14)24-20(26)16-6-2-3-7-17(16)21(24)27/h2-5,8-12,16-17H,6-7H2,1H3,(H,22,23,25). The van der Waals surface area contributed by atoms with Gasteiger partial charge in [-0.2, -0.15) is 0 Å². The van der Waals surface area contributed by atoms with Gasteiger partial charge in [-0.1, -0.05) is 18.2 Å². The molecule has 136 valence electrons. The molecule has 1 aliphatic heterocycles. The molecule has 27 heavy (non-hydrogen) atoms. The Balaban J connectivity index is 1.52. The van der Waals surface area contributed by atoms with Crippen LogP contribution in [0.1, 0.15) is 28.8 Å². The van der Waals surface area contributed by atoms with E-state index < -0.39 is 0 Å². The van der Waals surface area contributed by atoms with Crippen LogP contribution >= 0.6 is 0 Å². The first-order valence-electron chi connectivity index (χ1n) is 8.92. The van der Waals surface area contributed by atoms with Crippen LogP contribution in [0.2, 0.25) is 0 Å². The molecule has 1 saturated heterocycles. The molecular weight excluding hydrogens is 342 g/mol. The highest BCUT2D eigenvalue weighted by Gasteiger charge is 2.47. The van der Waals surface area contributed by atoms with E-state index in [4.69, 9.17) is 0 Å². The number of allylic oxidation sites excluding steroid dienone is 2. The highest BCUT2D eigenvalue weighted by molar-refractivity contribution is 6.22. The highest BCUT2D eigenvalue weighted by Crippen LogP contribution is 2.37. The Morgan fingerprint density at radius 3 is 2.26 bits per heavy atom. The maximum Gasteiger partial charge on any atom is 0.256 e. The number of amides is 3. The SMILES string of the molecule is Cc1cccnc1NC(=O)c1ccc(N2C(=O)C3CC=CCC3C2=O)cc1. The van der Waals surface area contributed by atoms with E-state index in [9.17, 15) is 14.4 Å². The van der Waals surface area contributed by atoms with Crippen LogP contribution in [0.15, 0.2) is 54.7 Å². The number of nitrogens with zero attached hydrogens (tertiary/aromatic N) is 2. The van der Waals surface area contributed by atoms with E-state index in [2.05, 4.69) is 10.3 Å². The van der Waals surface area contributed by atoms with Crippen molar-refractivity contribution in [1.82, 2.24) is 4.98 Å². The number of aromatic nitrogens is 1. The van der Waals surface area contributed by atoms with Gasteiger partial charge in [0, 0.05) is 11.8 Å². The summed E-state index contributed by atoms with van der Waals surface area (Å²) in [6.45, 7) is 1.87. The molecule has 1 fully saturated rings. The van der Waals surface area contributed by atoms with Crippen LogP contribution in [0.3, 0.4) is 0 Å². The van der Waals surface area contributed by atoms with Gasteiger partial charge in [-0.25, -0.2) is 4.98 Å².